The third-order valence-electron chi connectivity index (χ3n) is 5.71. The fraction of sp³-hybridized carbons (Fsp3) is 0.684. The van der Waals surface area contributed by atoms with E-state index >= 15 is 0 Å². The number of halogens is 1. The van der Waals surface area contributed by atoms with Gasteiger partial charge in [0, 0.05) is 25.0 Å². The molecule has 2 atom stereocenters. The van der Waals surface area contributed by atoms with Gasteiger partial charge in [0.15, 0.2) is 0 Å². The average molecular weight is 384 g/mol. The first kappa shape index (κ1) is 20.8. The first-order valence-electron chi connectivity index (χ1n) is 9.36. The van der Waals surface area contributed by atoms with Crippen LogP contribution >= 0.6 is 12.4 Å². The molecule has 2 amide bonds. The first-order chi connectivity index (χ1) is 12.0. The van der Waals surface area contributed by atoms with Gasteiger partial charge >= 0.3 is 0 Å². The molecule has 2 aliphatic rings. The summed E-state index contributed by atoms with van der Waals surface area (Å²) in [6.45, 7) is 5.67. The molecule has 1 aromatic heterocycles. The van der Waals surface area contributed by atoms with Crippen molar-refractivity contribution in [3.8, 4) is 0 Å². The van der Waals surface area contributed by atoms with Crippen LogP contribution in [0.4, 0.5) is 0 Å². The summed E-state index contributed by atoms with van der Waals surface area (Å²) in [5.74, 6) is 2.02. The summed E-state index contributed by atoms with van der Waals surface area (Å²) in [4.78, 5) is 27.1. The maximum Gasteiger partial charge on any atom is 0.255 e. The van der Waals surface area contributed by atoms with Crippen LogP contribution in [0.5, 0.6) is 0 Å². The van der Waals surface area contributed by atoms with Gasteiger partial charge in [-0.15, -0.1) is 12.4 Å². The predicted molar refractivity (Wildman–Crippen MR) is 102 cm³/mol. The minimum Gasteiger partial charge on any atom is -0.466 e. The molecule has 2 heterocycles. The summed E-state index contributed by atoms with van der Waals surface area (Å²) in [5.41, 5.74) is 6.42. The Balaban J connectivity index is 0.00000243. The second kappa shape index (κ2) is 8.91. The SMILES string of the molecule is Cc1cc(C(=O)NC2CCN(C(=O)[C@@H]3CCC[C@@H]3CN)CC2)c(C)o1.Cl. The van der Waals surface area contributed by atoms with Crippen LogP contribution in [0.15, 0.2) is 10.5 Å². The highest BCUT2D eigenvalue weighted by Crippen LogP contribution is 2.33. The summed E-state index contributed by atoms with van der Waals surface area (Å²) in [6.07, 6.45) is 4.74. The number of hydrogen-bond donors (Lipinski definition) is 2. The zero-order chi connectivity index (χ0) is 18.0. The third kappa shape index (κ3) is 4.41. The molecule has 1 saturated carbocycles. The van der Waals surface area contributed by atoms with Crippen LogP contribution in [-0.4, -0.2) is 42.4 Å². The van der Waals surface area contributed by atoms with E-state index in [4.69, 9.17) is 10.2 Å². The number of aryl methyl sites for hydroxylation is 2. The molecular weight excluding hydrogens is 354 g/mol. The monoisotopic (exact) mass is 383 g/mol. The van der Waals surface area contributed by atoms with E-state index in [0.29, 0.717) is 36.9 Å². The number of amides is 2. The minimum atomic E-state index is -0.0851. The second-order valence-electron chi connectivity index (χ2n) is 7.43. The summed E-state index contributed by atoms with van der Waals surface area (Å²) in [7, 11) is 0. The van der Waals surface area contributed by atoms with Gasteiger partial charge < -0.3 is 20.4 Å². The van der Waals surface area contributed by atoms with Crippen molar-refractivity contribution in [2.75, 3.05) is 19.6 Å². The van der Waals surface area contributed by atoms with E-state index < -0.39 is 0 Å². The van der Waals surface area contributed by atoms with Crippen LogP contribution in [0.2, 0.25) is 0 Å². The molecule has 0 spiro atoms. The van der Waals surface area contributed by atoms with Crippen molar-refractivity contribution in [3.63, 3.8) is 0 Å². The normalized spacial score (nSPS) is 23.6. The number of carbonyl (C=O) groups is 2. The van der Waals surface area contributed by atoms with Gasteiger partial charge in [-0.25, -0.2) is 0 Å². The van der Waals surface area contributed by atoms with Crippen LogP contribution in [-0.2, 0) is 4.79 Å². The lowest BCUT2D eigenvalue weighted by Gasteiger charge is -2.35. The molecule has 0 aromatic carbocycles. The van der Waals surface area contributed by atoms with Gasteiger partial charge in [-0.1, -0.05) is 6.42 Å². The van der Waals surface area contributed by atoms with E-state index in [1.165, 1.54) is 0 Å². The van der Waals surface area contributed by atoms with Crippen LogP contribution in [0.3, 0.4) is 0 Å². The first-order valence-corrected chi connectivity index (χ1v) is 9.36. The van der Waals surface area contributed by atoms with Gasteiger partial charge in [-0.2, -0.15) is 0 Å². The number of nitrogens with two attached hydrogens (primary N) is 1. The Morgan fingerprint density at radius 3 is 2.50 bits per heavy atom. The molecule has 26 heavy (non-hydrogen) atoms. The fourth-order valence-corrected chi connectivity index (χ4v) is 4.24. The van der Waals surface area contributed by atoms with Crippen molar-refractivity contribution in [1.82, 2.24) is 10.2 Å². The molecule has 2 fully saturated rings. The van der Waals surface area contributed by atoms with Crippen LogP contribution in [0.25, 0.3) is 0 Å². The summed E-state index contributed by atoms with van der Waals surface area (Å²) in [5, 5.41) is 3.08. The summed E-state index contributed by atoms with van der Waals surface area (Å²) in [6, 6.07) is 1.89. The summed E-state index contributed by atoms with van der Waals surface area (Å²) < 4.78 is 5.43. The zero-order valence-electron chi connectivity index (χ0n) is 15.6. The van der Waals surface area contributed by atoms with Gasteiger partial charge in [0.2, 0.25) is 5.91 Å². The van der Waals surface area contributed by atoms with E-state index in [1.807, 2.05) is 11.8 Å². The average Bonchev–Trinajstić information content (AvgIpc) is 3.20. The van der Waals surface area contributed by atoms with E-state index in [9.17, 15) is 9.59 Å². The maximum absolute atomic E-state index is 12.7. The molecule has 1 aromatic rings. The van der Waals surface area contributed by atoms with Gasteiger partial charge in [-0.05, 0) is 58.1 Å². The molecule has 1 aliphatic heterocycles. The standard InChI is InChI=1S/C19H29N3O3.ClH/c1-12-10-17(13(2)25-12)18(23)21-15-6-8-22(9-7-15)19(24)16-5-3-4-14(16)11-20;/h10,14-16H,3-9,11,20H2,1-2H3,(H,21,23);1H/t14-,16-;/m1./s1. The molecule has 7 heteroatoms. The zero-order valence-corrected chi connectivity index (χ0v) is 16.4. The fourth-order valence-electron chi connectivity index (χ4n) is 4.24. The minimum absolute atomic E-state index is 0. The van der Waals surface area contributed by atoms with Gasteiger partial charge in [0.05, 0.1) is 5.56 Å². The van der Waals surface area contributed by atoms with E-state index in [0.717, 1.165) is 37.9 Å². The smallest absolute Gasteiger partial charge is 0.255 e. The molecule has 3 N–H and O–H groups in total. The lowest BCUT2D eigenvalue weighted by Crippen LogP contribution is -2.48. The predicted octanol–water partition coefficient (Wildman–Crippen LogP) is 2.41. The van der Waals surface area contributed by atoms with Gasteiger partial charge in [0.1, 0.15) is 11.5 Å². The third-order valence-corrected chi connectivity index (χ3v) is 5.71. The molecule has 0 unspecified atom stereocenters. The Morgan fingerprint density at radius 1 is 1.23 bits per heavy atom. The largest absolute Gasteiger partial charge is 0.466 e. The highest BCUT2D eigenvalue weighted by molar-refractivity contribution is 5.95. The van der Waals surface area contributed by atoms with Crippen molar-refractivity contribution < 1.29 is 14.0 Å². The van der Waals surface area contributed by atoms with Crippen molar-refractivity contribution >= 4 is 24.2 Å². The topological polar surface area (TPSA) is 88.6 Å². The van der Waals surface area contributed by atoms with Crippen molar-refractivity contribution in [1.29, 1.82) is 0 Å². The van der Waals surface area contributed by atoms with Crippen LogP contribution in [0.1, 0.15) is 54.0 Å². The molecule has 3 rings (SSSR count). The quantitative estimate of drug-likeness (QED) is 0.835. The number of nitrogens with zero attached hydrogens (tertiary/aromatic N) is 1. The Kier molecular flexibility index (Phi) is 7.12. The number of hydrogen-bond acceptors (Lipinski definition) is 4. The van der Waals surface area contributed by atoms with Crippen molar-refractivity contribution in [3.05, 3.63) is 23.2 Å². The highest BCUT2D eigenvalue weighted by atomic mass is 35.5. The Labute approximate surface area is 161 Å². The maximum atomic E-state index is 12.7. The Morgan fingerprint density at radius 2 is 1.92 bits per heavy atom. The lowest BCUT2D eigenvalue weighted by molar-refractivity contribution is -0.137. The Bertz CT molecular complexity index is 638. The molecular formula is C19H30ClN3O3. The molecule has 0 radical (unpaired) electrons. The van der Waals surface area contributed by atoms with Gasteiger partial charge in [-0.3, -0.25) is 9.59 Å². The highest BCUT2D eigenvalue weighted by Gasteiger charge is 2.36. The molecule has 1 saturated heterocycles. The van der Waals surface area contributed by atoms with Crippen LogP contribution < -0.4 is 11.1 Å². The van der Waals surface area contributed by atoms with E-state index in [1.54, 1.807) is 13.0 Å². The van der Waals surface area contributed by atoms with Crippen LogP contribution in [0, 0.1) is 25.7 Å². The number of furan rings is 1. The lowest BCUT2D eigenvalue weighted by atomic mass is 9.93. The molecule has 6 nitrogen and oxygen atoms in total. The van der Waals surface area contributed by atoms with E-state index in [-0.39, 0.29) is 36.2 Å². The number of likely N-dealkylation sites (tertiary alicyclic amines) is 1. The van der Waals surface area contributed by atoms with E-state index in [2.05, 4.69) is 5.32 Å². The second-order valence-corrected chi connectivity index (χ2v) is 7.43. The number of carbonyl (C=O) groups excluding carboxylic acids is 2. The number of nitrogens with one attached hydrogen (secondary N) is 1. The van der Waals surface area contributed by atoms with Crippen molar-refractivity contribution in [2.24, 2.45) is 17.6 Å². The molecule has 0 bridgehead atoms. The molecule has 146 valence electrons. The number of piperidine rings is 1. The van der Waals surface area contributed by atoms with Gasteiger partial charge in [0.25, 0.3) is 5.91 Å². The Hall–Kier alpha value is -1.53. The number of rotatable bonds is 4. The summed E-state index contributed by atoms with van der Waals surface area (Å²) >= 11 is 0. The van der Waals surface area contributed by atoms with Crippen molar-refractivity contribution in [2.45, 2.75) is 52.0 Å². The molecule has 1 aliphatic carbocycles.